The smallest absolute Gasteiger partial charge is 0.371 e. The number of hydrogen-bond donors (Lipinski definition) is 2. The van der Waals surface area contributed by atoms with E-state index in [0.717, 1.165) is 12.0 Å². The fourth-order valence-corrected chi connectivity index (χ4v) is 1.77. The highest BCUT2D eigenvalue weighted by molar-refractivity contribution is 5.84. The molecule has 1 heterocycles. The largest absolute Gasteiger partial charge is 0.475 e. The first-order valence-electron chi connectivity index (χ1n) is 6.46. The molecule has 1 aromatic heterocycles. The summed E-state index contributed by atoms with van der Waals surface area (Å²) in [6, 6.07) is 2.02. The Balaban J connectivity index is 2.45. The number of aromatic carboxylic acids is 1. The average molecular weight is 253 g/mol. The third-order valence-corrected chi connectivity index (χ3v) is 3.05. The molecule has 0 aliphatic carbocycles. The molecule has 102 valence electrons. The van der Waals surface area contributed by atoms with Gasteiger partial charge in [-0.15, -0.1) is 0 Å². The lowest BCUT2D eigenvalue weighted by Gasteiger charge is -2.14. The SMILES string of the molecule is Cc1oc(C(=O)O)cc1CNC(C)CCC(C)C. The van der Waals surface area contributed by atoms with Gasteiger partial charge >= 0.3 is 5.97 Å². The minimum atomic E-state index is -1.02. The summed E-state index contributed by atoms with van der Waals surface area (Å²) >= 11 is 0. The second kappa shape index (κ2) is 6.59. The number of carbonyl (C=O) groups is 1. The standard InChI is InChI=1S/C14H23NO3/c1-9(2)5-6-10(3)15-8-12-7-13(14(16)17)18-11(12)4/h7,9-10,15H,5-6,8H2,1-4H3,(H,16,17). The molecule has 4 nitrogen and oxygen atoms in total. The predicted octanol–water partition coefficient (Wildman–Crippen LogP) is 3.20. The summed E-state index contributed by atoms with van der Waals surface area (Å²) in [6.45, 7) is 9.03. The van der Waals surface area contributed by atoms with Gasteiger partial charge in [-0.2, -0.15) is 0 Å². The van der Waals surface area contributed by atoms with Gasteiger partial charge in [-0.05, 0) is 38.7 Å². The molecule has 0 fully saturated rings. The van der Waals surface area contributed by atoms with E-state index >= 15 is 0 Å². The lowest BCUT2D eigenvalue weighted by atomic mass is 10.0. The molecule has 0 aromatic carbocycles. The first kappa shape index (κ1) is 14.8. The van der Waals surface area contributed by atoms with Crippen LogP contribution in [0.5, 0.6) is 0 Å². The van der Waals surface area contributed by atoms with Crippen LogP contribution in [0, 0.1) is 12.8 Å². The van der Waals surface area contributed by atoms with Gasteiger partial charge in [-0.1, -0.05) is 13.8 Å². The first-order chi connectivity index (χ1) is 8.40. The van der Waals surface area contributed by atoms with Crippen molar-refractivity contribution in [2.45, 2.75) is 53.1 Å². The number of nitrogens with one attached hydrogen (secondary N) is 1. The fraction of sp³-hybridized carbons (Fsp3) is 0.643. The van der Waals surface area contributed by atoms with E-state index in [4.69, 9.17) is 9.52 Å². The number of carboxylic acid groups (broad SMARTS) is 1. The van der Waals surface area contributed by atoms with Crippen molar-refractivity contribution >= 4 is 5.97 Å². The summed E-state index contributed by atoms with van der Waals surface area (Å²) in [5, 5.41) is 12.2. The highest BCUT2D eigenvalue weighted by atomic mass is 16.4. The Morgan fingerprint density at radius 2 is 2.06 bits per heavy atom. The van der Waals surface area contributed by atoms with E-state index in [0.29, 0.717) is 24.3 Å². The van der Waals surface area contributed by atoms with Gasteiger partial charge in [0.2, 0.25) is 5.76 Å². The van der Waals surface area contributed by atoms with Gasteiger partial charge in [0, 0.05) is 18.2 Å². The molecular weight excluding hydrogens is 230 g/mol. The van der Waals surface area contributed by atoms with Crippen LogP contribution >= 0.6 is 0 Å². The van der Waals surface area contributed by atoms with Crippen LogP contribution < -0.4 is 5.32 Å². The van der Waals surface area contributed by atoms with Gasteiger partial charge in [-0.3, -0.25) is 0 Å². The molecule has 0 aliphatic heterocycles. The van der Waals surface area contributed by atoms with E-state index in [9.17, 15) is 4.79 Å². The number of aryl methyl sites for hydroxylation is 1. The minimum Gasteiger partial charge on any atom is -0.475 e. The predicted molar refractivity (Wildman–Crippen MR) is 70.8 cm³/mol. The molecule has 0 bridgehead atoms. The average Bonchev–Trinajstić information content (AvgIpc) is 2.65. The highest BCUT2D eigenvalue weighted by Crippen LogP contribution is 2.15. The monoisotopic (exact) mass is 253 g/mol. The van der Waals surface area contributed by atoms with Crippen LogP contribution in [-0.2, 0) is 6.54 Å². The van der Waals surface area contributed by atoms with E-state index in [1.807, 2.05) is 0 Å². The van der Waals surface area contributed by atoms with Crippen LogP contribution in [0.2, 0.25) is 0 Å². The second-order valence-corrected chi connectivity index (χ2v) is 5.25. The van der Waals surface area contributed by atoms with Crippen LogP contribution in [0.15, 0.2) is 10.5 Å². The third kappa shape index (κ3) is 4.53. The molecule has 1 rings (SSSR count). The van der Waals surface area contributed by atoms with Gasteiger partial charge in [0.05, 0.1) is 0 Å². The molecule has 0 radical (unpaired) electrons. The van der Waals surface area contributed by atoms with E-state index in [1.54, 1.807) is 13.0 Å². The lowest BCUT2D eigenvalue weighted by Crippen LogP contribution is -2.25. The van der Waals surface area contributed by atoms with Crippen molar-refractivity contribution in [1.29, 1.82) is 0 Å². The van der Waals surface area contributed by atoms with Gasteiger partial charge in [0.15, 0.2) is 0 Å². The molecule has 0 saturated carbocycles. The summed E-state index contributed by atoms with van der Waals surface area (Å²) in [5.41, 5.74) is 0.920. The van der Waals surface area contributed by atoms with E-state index < -0.39 is 5.97 Å². The second-order valence-electron chi connectivity index (χ2n) is 5.25. The van der Waals surface area contributed by atoms with Crippen molar-refractivity contribution in [1.82, 2.24) is 5.32 Å². The summed E-state index contributed by atoms with van der Waals surface area (Å²) in [4.78, 5) is 10.8. The highest BCUT2D eigenvalue weighted by Gasteiger charge is 2.13. The zero-order valence-corrected chi connectivity index (χ0v) is 11.6. The van der Waals surface area contributed by atoms with Crippen molar-refractivity contribution in [3.8, 4) is 0 Å². The van der Waals surface area contributed by atoms with Crippen LogP contribution in [0.3, 0.4) is 0 Å². The Bertz CT molecular complexity index is 396. The van der Waals surface area contributed by atoms with E-state index in [-0.39, 0.29) is 5.76 Å². The van der Waals surface area contributed by atoms with Gasteiger partial charge in [0.25, 0.3) is 0 Å². The first-order valence-corrected chi connectivity index (χ1v) is 6.46. The number of rotatable bonds is 7. The third-order valence-electron chi connectivity index (χ3n) is 3.05. The van der Waals surface area contributed by atoms with E-state index in [2.05, 4.69) is 26.1 Å². The molecule has 0 saturated heterocycles. The van der Waals surface area contributed by atoms with Crippen molar-refractivity contribution in [3.63, 3.8) is 0 Å². The minimum absolute atomic E-state index is 0.0131. The topological polar surface area (TPSA) is 62.5 Å². The van der Waals surface area contributed by atoms with Gasteiger partial charge in [-0.25, -0.2) is 4.79 Å². The number of furan rings is 1. The Morgan fingerprint density at radius 1 is 1.39 bits per heavy atom. The molecule has 0 aliphatic rings. The fourth-order valence-electron chi connectivity index (χ4n) is 1.77. The summed E-state index contributed by atoms with van der Waals surface area (Å²) in [5.74, 6) is 0.385. The van der Waals surface area contributed by atoms with Crippen LogP contribution in [0.1, 0.15) is 55.5 Å². The van der Waals surface area contributed by atoms with Crippen molar-refractivity contribution in [2.24, 2.45) is 5.92 Å². The lowest BCUT2D eigenvalue weighted by molar-refractivity contribution is 0.0661. The summed E-state index contributed by atoms with van der Waals surface area (Å²) in [7, 11) is 0. The zero-order valence-electron chi connectivity index (χ0n) is 11.6. The van der Waals surface area contributed by atoms with E-state index in [1.165, 1.54) is 6.42 Å². The molecule has 0 spiro atoms. The Kier molecular flexibility index (Phi) is 5.41. The zero-order chi connectivity index (χ0) is 13.7. The quantitative estimate of drug-likeness (QED) is 0.783. The molecule has 1 atom stereocenters. The Labute approximate surface area is 108 Å². The Morgan fingerprint density at radius 3 is 2.56 bits per heavy atom. The number of carboxylic acids is 1. The van der Waals surface area contributed by atoms with Crippen molar-refractivity contribution in [3.05, 3.63) is 23.2 Å². The van der Waals surface area contributed by atoms with Crippen LogP contribution in [0.25, 0.3) is 0 Å². The molecular formula is C14H23NO3. The molecule has 18 heavy (non-hydrogen) atoms. The summed E-state index contributed by atoms with van der Waals surface area (Å²) < 4.78 is 5.17. The maximum atomic E-state index is 10.8. The van der Waals surface area contributed by atoms with Crippen molar-refractivity contribution < 1.29 is 14.3 Å². The molecule has 1 aromatic rings. The van der Waals surface area contributed by atoms with Gasteiger partial charge < -0.3 is 14.8 Å². The molecule has 2 N–H and O–H groups in total. The molecule has 1 unspecified atom stereocenters. The van der Waals surface area contributed by atoms with Crippen LogP contribution in [0.4, 0.5) is 0 Å². The normalized spacial score (nSPS) is 12.9. The van der Waals surface area contributed by atoms with Crippen LogP contribution in [-0.4, -0.2) is 17.1 Å². The molecule has 0 amide bonds. The summed E-state index contributed by atoms with van der Waals surface area (Å²) in [6.07, 6.45) is 2.32. The number of hydrogen-bond acceptors (Lipinski definition) is 3. The Hall–Kier alpha value is -1.29. The van der Waals surface area contributed by atoms with Crippen molar-refractivity contribution in [2.75, 3.05) is 0 Å². The van der Waals surface area contributed by atoms with Gasteiger partial charge in [0.1, 0.15) is 5.76 Å². The maximum absolute atomic E-state index is 10.8. The molecule has 4 heteroatoms. The maximum Gasteiger partial charge on any atom is 0.371 e.